The van der Waals surface area contributed by atoms with Crippen molar-refractivity contribution in [2.24, 2.45) is 0 Å². The van der Waals surface area contributed by atoms with Crippen molar-refractivity contribution in [2.45, 2.75) is 6.54 Å². The Kier molecular flexibility index (Phi) is 4.23. The lowest BCUT2D eigenvalue weighted by molar-refractivity contribution is 0.415. The molecule has 2 rings (SSSR count). The molecule has 0 heterocycles. The third kappa shape index (κ3) is 3.37. The molecule has 0 radical (unpaired) electrons. The van der Waals surface area contributed by atoms with Gasteiger partial charge in [0.1, 0.15) is 11.6 Å². The number of hydrogen-bond donors (Lipinski definition) is 2. The highest BCUT2D eigenvalue weighted by Crippen LogP contribution is 2.25. The lowest BCUT2D eigenvalue weighted by atomic mass is 10.2. The van der Waals surface area contributed by atoms with Crippen molar-refractivity contribution in [2.75, 3.05) is 24.8 Å². The number of benzene rings is 2. The Morgan fingerprint density at radius 1 is 1.11 bits per heavy atom. The molecule has 2 aromatic carbocycles. The summed E-state index contributed by atoms with van der Waals surface area (Å²) in [6.07, 6.45) is 0. The van der Waals surface area contributed by atoms with E-state index < -0.39 is 0 Å². The van der Waals surface area contributed by atoms with Crippen LogP contribution in [0, 0.1) is 5.82 Å². The molecule has 0 aliphatic carbocycles. The third-order valence-electron chi connectivity index (χ3n) is 2.89. The van der Waals surface area contributed by atoms with Gasteiger partial charge in [0.05, 0.1) is 12.8 Å². The predicted molar refractivity (Wildman–Crippen MR) is 76.3 cm³/mol. The van der Waals surface area contributed by atoms with Gasteiger partial charge in [0.15, 0.2) is 0 Å². The fourth-order valence-corrected chi connectivity index (χ4v) is 1.80. The highest BCUT2D eigenvalue weighted by atomic mass is 19.1. The van der Waals surface area contributed by atoms with E-state index in [9.17, 15) is 4.39 Å². The average molecular weight is 260 g/mol. The van der Waals surface area contributed by atoms with Crippen LogP contribution in [0.15, 0.2) is 42.5 Å². The summed E-state index contributed by atoms with van der Waals surface area (Å²) in [5.41, 5.74) is 2.83. The minimum Gasteiger partial charge on any atom is -0.495 e. The smallest absolute Gasteiger partial charge is 0.142 e. The second-order valence-corrected chi connectivity index (χ2v) is 4.15. The summed E-state index contributed by atoms with van der Waals surface area (Å²) in [5, 5.41) is 6.24. The molecule has 0 saturated heterocycles. The first-order chi connectivity index (χ1) is 9.22. The van der Waals surface area contributed by atoms with Crippen LogP contribution >= 0.6 is 0 Å². The van der Waals surface area contributed by atoms with Crippen LogP contribution in [-0.4, -0.2) is 14.2 Å². The van der Waals surface area contributed by atoms with Gasteiger partial charge >= 0.3 is 0 Å². The van der Waals surface area contributed by atoms with Crippen LogP contribution in [0.1, 0.15) is 5.56 Å². The van der Waals surface area contributed by atoms with Crippen molar-refractivity contribution in [3.8, 4) is 5.75 Å². The Morgan fingerprint density at radius 3 is 2.47 bits per heavy atom. The number of hydrogen-bond acceptors (Lipinski definition) is 3. The summed E-state index contributed by atoms with van der Waals surface area (Å²) in [4.78, 5) is 0. The van der Waals surface area contributed by atoms with Crippen LogP contribution in [0.4, 0.5) is 15.8 Å². The van der Waals surface area contributed by atoms with Gasteiger partial charge in [-0.3, -0.25) is 0 Å². The van der Waals surface area contributed by atoms with Crippen molar-refractivity contribution in [1.82, 2.24) is 0 Å². The van der Waals surface area contributed by atoms with E-state index in [-0.39, 0.29) is 5.82 Å². The minimum atomic E-state index is -0.283. The summed E-state index contributed by atoms with van der Waals surface area (Å²) in [6, 6.07) is 12.5. The molecule has 0 atom stereocenters. The molecule has 0 bridgehead atoms. The molecule has 0 aliphatic heterocycles. The van der Waals surface area contributed by atoms with Gasteiger partial charge in [0, 0.05) is 25.3 Å². The molecule has 0 fully saturated rings. The molecule has 0 spiro atoms. The molecule has 100 valence electrons. The second kappa shape index (κ2) is 6.09. The molecule has 0 aromatic heterocycles. The fraction of sp³-hybridized carbons (Fsp3) is 0.200. The van der Waals surface area contributed by atoms with E-state index in [1.165, 1.54) is 12.1 Å². The van der Waals surface area contributed by atoms with E-state index in [4.69, 9.17) is 4.74 Å². The van der Waals surface area contributed by atoms with Gasteiger partial charge in [-0.25, -0.2) is 4.39 Å². The number of halogens is 1. The van der Waals surface area contributed by atoms with Gasteiger partial charge in [0.25, 0.3) is 0 Å². The van der Waals surface area contributed by atoms with Crippen LogP contribution in [0.5, 0.6) is 5.75 Å². The Bertz CT molecular complexity index is 540. The van der Waals surface area contributed by atoms with Crippen LogP contribution in [0.2, 0.25) is 0 Å². The summed E-state index contributed by atoms with van der Waals surface area (Å²) in [6.45, 7) is 0.615. The van der Waals surface area contributed by atoms with Crippen LogP contribution in [0.25, 0.3) is 0 Å². The quantitative estimate of drug-likeness (QED) is 0.863. The first-order valence-electron chi connectivity index (χ1n) is 6.07. The molecule has 2 N–H and O–H groups in total. The normalized spacial score (nSPS) is 10.1. The number of methoxy groups -OCH3 is 1. The van der Waals surface area contributed by atoms with Crippen LogP contribution < -0.4 is 15.4 Å². The maximum absolute atomic E-state index is 13.2. The topological polar surface area (TPSA) is 33.3 Å². The molecule has 2 aromatic rings. The molecule has 0 unspecified atom stereocenters. The van der Waals surface area contributed by atoms with Crippen LogP contribution in [-0.2, 0) is 6.54 Å². The Hall–Kier alpha value is -2.23. The summed E-state index contributed by atoms with van der Waals surface area (Å²) in [7, 11) is 3.45. The Morgan fingerprint density at radius 2 is 1.84 bits per heavy atom. The van der Waals surface area contributed by atoms with Gasteiger partial charge in [-0.05, 0) is 29.8 Å². The molecule has 19 heavy (non-hydrogen) atoms. The zero-order valence-electron chi connectivity index (χ0n) is 11.0. The summed E-state index contributed by atoms with van der Waals surface area (Å²) >= 11 is 0. The second-order valence-electron chi connectivity index (χ2n) is 4.15. The average Bonchev–Trinajstić information content (AvgIpc) is 2.46. The molecule has 0 saturated carbocycles. The Labute approximate surface area is 112 Å². The summed E-state index contributed by atoms with van der Waals surface area (Å²) < 4.78 is 18.4. The van der Waals surface area contributed by atoms with E-state index in [2.05, 4.69) is 10.6 Å². The van der Waals surface area contributed by atoms with Crippen LogP contribution in [0.3, 0.4) is 0 Å². The maximum atomic E-state index is 13.2. The number of nitrogens with one attached hydrogen (secondary N) is 2. The van der Waals surface area contributed by atoms with Gasteiger partial charge < -0.3 is 15.4 Å². The zero-order valence-corrected chi connectivity index (χ0v) is 11.0. The van der Waals surface area contributed by atoms with E-state index in [1.807, 2.05) is 31.3 Å². The minimum absolute atomic E-state index is 0.283. The first-order valence-corrected chi connectivity index (χ1v) is 6.07. The highest BCUT2D eigenvalue weighted by Gasteiger charge is 2.04. The van der Waals surface area contributed by atoms with E-state index in [0.717, 1.165) is 11.3 Å². The van der Waals surface area contributed by atoms with Crippen molar-refractivity contribution in [3.05, 3.63) is 53.8 Å². The number of ether oxygens (including phenoxy) is 1. The molecular formula is C15H17FN2O. The standard InChI is InChI=1S/C15H17FN2O/c1-17-13-6-3-11(4-7-13)10-18-14-9-12(16)5-8-15(14)19-2/h3-9,17-18H,10H2,1-2H3. The van der Waals surface area contributed by atoms with Gasteiger partial charge in [-0.2, -0.15) is 0 Å². The lowest BCUT2D eigenvalue weighted by Gasteiger charge is -2.11. The van der Waals surface area contributed by atoms with Crippen molar-refractivity contribution in [1.29, 1.82) is 0 Å². The van der Waals surface area contributed by atoms with E-state index >= 15 is 0 Å². The van der Waals surface area contributed by atoms with E-state index in [0.29, 0.717) is 18.0 Å². The molecule has 3 nitrogen and oxygen atoms in total. The van der Waals surface area contributed by atoms with Gasteiger partial charge in [-0.1, -0.05) is 12.1 Å². The maximum Gasteiger partial charge on any atom is 0.142 e. The first kappa shape index (κ1) is 13.2. The predicted octanol–water partition coefficient (Wildman–Crippen LogP) is 3.49. The number of rotatable bonds is 5. The fourth-order valence-electron chi connectivity index (χ4n) is 1.80. The molecule has 0 aliphatic rings. The molecule has 4 heteroatoms. The monoisotopic (exact) mass is 260 g/mol. The van der Waals surface area contributed by atoms with Crippen molar-refractivity contribution < 1.29 is 9.13 Å². The lowest BCUT2D eigenvalue weighted by Crippen LogP contribution is -2.02. The highest BCUT2D eigenvalue weighted by molar-refractivity contribution is 5.57. The van der Waals surface area contributed by atoms with E-state index in [1.54, 1.807) is 13.2 Å². The van der Waals surface area contributed by atoms with Gasteiger partial charge in [-0.15, -0.1) is 0 Å². The third-order valence-corrected chi connectivity index (χ3v) is 2.89. The molecular weight excluding hydrogens is 243 g/mol. The van der Waals surface area contributed by atoms with Crippen molar-refractivity contribution >= 4 is 11.4 Å². The SMILES string of the molecule is CNc1ccc(CNc2cc(F)ccc2OC)cc1. The van der Waals surface area contributed by atoms with Crippen molar-refractivity contribution in [3.63, 3.8) is 0 Å². The van der Waals surface area contributed by atoms with Gasteiger partial charge in [0.2, 0.25) is 0 Å². The Balaban J connectivity index is 2.07. The largest absolute Gasteiger partial charge is 0.495 e. The number of anilines is 2. The molecule has 0 amide bonds. The zero-order chi connectivity index (χ0) is 13.7. The summed E-state index contributed by atoms with van der Waals surface area (Å²) in [5.74, 6) is 0.349.